The number of nitrogens with zero attached hydrogens (tertiary/aromatic N) is 1. The third-order valence-corrected chi connectivity index (χ3v) is 6.45. The maximum absolute atomic E-state index is 13.1. The summed E-state index contributed by atoms with van der Waals surface area (Å²) in [7, 11) is -3.56. The van der Waals surface area contributed by atoms with Crippen LogP contribution in [0.25, 0.3) is 0 Å². The van der Waals surface area contributed by atoms with Crippen molar-refractivity contribution in [3.8, 4) is 0 Å². The lowest BCUT2D eigenvalue weighted by atomic mass is 10.1. The van der Waals surface area contributed by atoms with Crippen molar-refractivity contribution in [2.75, 3.05) is 17.1 Å². The van der Waals surface area contributed by atoms with Crippen LogP contribution in [0.1, 0.15) is 23.6 Å². The molecule has 0 unspecified atom stereocenters. The molecular formula is C18H23NO2S2. The highest BCUT2D eigenvalue weighted by molar-refractivity contribution is 7.98. The van der Waals surface area contributed by atoms with Gasteiger partial charge < -0.3 is 0 Å². The third kappa shape index (κ3) is 3.56. The fourth-order valence-corrected chi connectivity index (χ4v) is 4.90. The zero-order valence-electron chi connectivity index (χ0n) is 14.3. The van der Waals surface area contributed by atoms with Gasteiger partial charge in [-0.2, -0.15) is 0 Å². The number of hydrogen-bond donors (Lipinski definition) is 0. The number of aryl methyl sites for hydroxylation is 3. The fourth-order valence-electron chi connectivity index (χ4n) is 2.89. The van der Waals surface area contributed by atoms with E-state index in [1.165, 1.54) is 4.31 Å². The van der Waals surface area contributed by atoms with Crippen LogP contribution < -0.4 is 4.31 Å². The Kier molecular flexibility index (Phi) is 5.42. The smallest absolute Gasteiger partial charge is 0.264 e. The van der Waals surface area contributed by atoms with Gasteiger partial charge in [0.15, 0.2) is 0 Å². The van der Waals surface area contributed by atoms with Crippen molar-refractivity contribution in [2.24, 2.45) is 0 Å². The van der Waals surface area contributed by atoms with E-state index in [4.69, 9.17) is 0 Å². The molecular weight excluding hydrogens is 326 g/mol. The van der Waals surface area contributed by atoms with Crippen LogP contribution in [-0.2, 0) is 10.0 Å². The van der Waals surface area contributed by atoms with E-state index in [-0.39, 0.29) is 0 Å². The number of benzene rings is 2. The van der Waals surface area contributed by atoms with E-state index in [0.717, 1.165) is 27.3 Å². The minimum absolute atomic E-state index is 0.330. The van der Waals surface area contributed by atoms with Gasteiger partial charge in [0.1, 0.15) is 0 Å². The van der Waals surface area contributed by atoms with Crippen molar-refractivity contribution >= 4 is 27.5 Å². The van der Waals surface area contributed by atoms with E-state index in [1.54, 1.807) is 23.9 Å². The molecule has 0 heterocycles. The lowest BCUT2D eigenvalue weighted by Crippen LogP contribution is -2.32. The van der Waals surface area contributed by atoms with Gasteiger partial charge >= 0.3 is 0 Å². The molecule has 5 heteroatoms. The second kappa shape index (κ2) is 6.97. The number of hydrogen-bond acceptors (Lipinski definition) is 3. The minimum Gasteiger partial charge on any atom is -0.266 e. The lowest BCUT2D eigenvalue weighted by molar-refractivity contribution is 0.591. The van der Waals surface area contributed by atoms with Gasteiger partial charge in [-0.05, 0) is 69.3 Å². The zero-order chi connectivity index (χ0) is 17.2. The molecule has 3 nitrogen and oxygen atoms in total. The Bertz CT molecular complexity index is 773. The number of rotatable bonds is 5. The van der Waals surface area contributed by atoms with E-state index >= 15 is 0 Å². The summed E-state index contributed by atoms with van der Waals surface area (Å²) < 4.78 is 27.6. The lowest BCUT2D eigenvalue weighted by Gasteiger charge is -2.27. The normalized spacial score (nSPS) is 11.5. The van der Waals surface area contributed by atoms with Gasteiger partial charge in [0.2, 0.25) is 0 Å². The molecule has 0 aliphatic heterocycles. The van der Waals surface area contributed by atoms with E-state index in [0.29, 0.717) is 11.4 Å². The highest BCUT2D eigenvalue weighted by Crippen LogP contribution is 2.31. The van der Waals surface area contributed by atoms with Crippen molar-refractivity contribution in [3.05, 3.63) is 53.1 Å². The Morgan fingerprint density at radius 3 is 1.96 bits per heavy atom. The first-order valence-corrected chi connectivity index (χ1v) is 10.2. The highest BCUT2D eigenvalue weighted by Gasteiger charge is 2.26. The van der Waals surface area contributed by atoms with E-state index in [1.807, 2.05) is 58.2 Å². The van der Waals surface area contributed by atoms with Gasteiger partial charge in [-0.15, -0.1) is 11.8 Å². The van der Waals surface area contributed by atoms with Crippen molar-refractivity contribution in [3.63, 3.8) is 0 Å². The molecule has 0 aliphatic carbocycles. The van der Waals surface area contributed by atoms with Crippen LogP contribution in [0.15, 0.2) is 46.2 Å². The Morgan fingerprint density at radius 2 is 1.52 bits per heavy atom. The molecule has 2 rings (SSSR count). The summed E-state index contributed by atoms with van der Waals surface area (Å²) in [6.07, 6.45) is 1.97. The predicted molar refractivity (Wildman–Crippen MR) is 99.1 cm³/mol. The molecule has 0 saturated carbocycles. The number of thioether (sulfide) groups is 1. The second-order valence-electron chi connectivity index (χ2n) is 5.59. The number of anilines is 1. The van der Waals surface area contributed by atoms with Crippen molar-refractivity contribution < 1.29 is 8.42 Å². The Labute approximate surface area is 143 Å². The molecule has 2 aromatic carbocycles. The van der Waals surface area contributed by atoms with Crippen molar-refractivity contribution in [2.45, 2.75) is 37.5 Å². The Morgan fingerprint density at radius 1 is 1.00 bits per heavy atom. The Balaban J connectivity index is 2.55. The standard InChI is InChI=1S/C18H23NO2S2/c1-6-19(18-14(3)11-13(2)12-15(18)4)23(20,21)17-9-7-16(22-5)8-10-17/h7-12H,6H2,1-5H3. The molecule has 0 radical (unpaired) electrons. The molecule has 0 N–H and O–H groups in total. The van der Waals surface area contributed by atoms with E-state index in [2.05, 4.69) is 0 Å². The molecule has 0 bridgehead atoms. The molecule has 0 aliphatic rings. The van der Waals surface area contributed by atoms with Gasteiger partial charge in [0, 0.05) is 11.4 Å². The molecule has 0 spiro atoms. The van der Waals surface area contributed by atoms with Crippen LogP contribution in [0.4, 0.5) is 5.69 Å². The molecule has 2 aromatic rings. The van der Waals surface area contributed by atoms with E-state index in [9.17, 15) is 8.42 Å². The van der Waals surface area contributed by atoms with Crippen LogP contribution in [-0.4, -0.2) is 21.2 Å². The molecule has 23 heavy (non-hydrogen) atoms. The average Bonchev–Trinajstić information content (AvgIpc) is 2.50. The second-order valence-corrected chi connectivity index (χ2v) is 8.33. The van der Waals surface area contributed by atoms with Crippen LogP contribution in [0.2, 0.25) is 0 Å². The summed E-state index contributed by atoms with van der Waals surface area (Å²) in [5, 5.41) is 0. The monoisotopic (exact) mass is 349 g/mol. The van der Waals surface area contributed by atoms with E-state index < -0.39 is 10.0 Å². The van der Waals surface area contributed by atoms with Gasteiger partial charge in [-0.25, -0.2) is 8.42 Å². The van der Waals surface area contributed by atoms with Crippen LogP contribution >= 0.6 is 11.8 Å². The third-order valence-electron chi connectivity index (χ3n) is 3.82. The number of sulfonamides is 1. The summed E-state index contributed by atoms with van der Waals surface area (Å²) in [5.74, 6) is 0. The first-order chi connectivity index (χ1) is 10.8. The summed E-state index contributed by atoms with van der Waals surface area (Å²) in [6, 6.07) is 11.1. The summed E-state index contributed by atoms with van der Waals surface area (Å²) >= 11 is 1.60. The van der Waals surface area contributed by atoms with Gasteiger partial charge in [-0.3, -0.25) is 4.31 Å². The summed E-state index contributed by atoms with van der Waals surface area (Å²) in [5.41, 5.74) is 3.89. The van der Waals surface area contributed by atoms with Crippen LogP contribution in [0.5, 0.6) is 0 Å². The molecule has 0 amide bonds. The largest absolute Gasteiger partial charge is 0.266 e. The maximum atomic E-state index is 13.1. The average molecular weight is 350 g/mol. The first kappa shape index (κ1) is 17.9. The zero-order valence-corrected chi connectivity index (χ0v) is 15.9. The van der Waals surface area contributed by atoms with Crippen LogP contribution in [0.3, 0.4) is 0 Å². The van der Waals surface area contributed by atoms with Gasteiger partial charge in [-0.1, -0.05) is 17.7 Å². The molecule has 124 valence electrons. The molecule has 0 atom stereocenters. The summed E-state index contributed by atoms with van der Waals surface area (Å²) in [6.45, 7) is 8.22. The molecule has 0 fully saturated rings. The first-order valence-electron chi connectivity index (χ1n) is 7.56. The summed E-state index contributed by atoms with van der Waals surface area (Å²) in [4.78, 5) is 1.38. The van der Waals surface area contributed by atoms with Gasteiger partial charge in [0.25, 0.3) is 10.0 Å². The Hall–Kier alpha value is -1.46. The van der Waals surface area contributed by atoms with Crippen molar-refractivity contribution in [1.29, 1.82) is 0 Å². The molecule has 0 saturated heterocycles. The molecule has 0 aromatic heterocycles. The minimum atomic E-state index is -3.56. The van der Waals surface area contributed by atoms with Crippen LogP contribution in [0, 0.1) is 20.8 Å². The quantitative estimate of drug-likeness (QED) is 0.743. The SMILES string of the molecule is CCN(c1c(C)cc(C)cc1C)S(=O)(=O)c1ccc(SC)cc1. The maximum Gasteiger partial charge on any atom is 0.264 e. The highest BCUT2D eigenvalue weighted by atomic mass is 32.2. The van der Waals surface area contributed by atoms with Crippen molar-refractivity contribution in [1.82, 2.24) is 0 Å². The fraction of sp³-hybridized carbons (Fsp3) is 0.333. The van der Waals surface area contributed by atoms with Gasteiger partial charge in [0.05, 0.1) is 10.6 Å². The topological polar surface area (TPSA) is 37.4 Å². The predicted octanol–water partition coefficient (Wildman–Crippen LogP) is 4.55.